The third-order valence-electron chi connectivity index (χ3n) is 6.65. The number of rotatable bonds is 5. The lowest BCUT2D eigenvalue weighted by Gasteiger charge is -2.22. The Balaban J connectivity index is 1.26. The van der Waals surface area contributed by atoms with Crippen molar-refractivity contribution >= 4 is 22.6 Å². The van der Waals surface area contributed by atoms with Crippen LogP contribution in [0.25, 0.3) is 22.3 Å². The zero-order chi connectivity index (χ0) is 26.2. The lowest BCUT2D eigenvalue weighted by Crippen LogP contribution is -2.33. The molecule has 9 heteroatoms. The smallest absolute Gasteiger partial charge is 0.284 e. The summed E-state index contributed by atoms with van der Waals surface area (Å²) in [5.41, 5.74) is 7.46. The quantitative estimate of drug-likeness (QED) is 0.344. The molecule has 0 saturated carbocycles. The van der Waals surface area contributed by atoms with E-state index in [4.69, 9.17) is 14.5 Å². The van der Waals surface area contributed by atoms with Gasteiger partial charge in [0.15, 0.2) is 0 Å². The molecular formula is C29H26N6O3. The molecule has 0 unspecified atom stereocenters. The van der Waals surface area contributed by atoms with E-state index in [0.717, 1.165) is 50.5 Å². The maximum atomic E-state index is 13.6. The summed E-state index contributed by atoms with van der Waals surface area (Å²) in [6, 6.07) is 21.6. The summed E-state index contributed by atoms with van der Waals surface area (Å²) in [7, 11) is 1.63. The lowest BCUT2D eigenvalue weighted by atomic mass is 10.0. The van der Waals surface area contributed by atoms with Gasteiger partial charge in [-0.2, -0.15) is 0 Å². The summed E-state index contributed by atoms with van der Waals surface area (Å²) in [6.45, 7) is 5.12. The molecule has 1 aliphatic heterocycles. The molecule has 1 aliphatic rings. The van der Waals surface area contributed by atoms with Crippen LogP contribution in [0.5, 0.6) is 11.6 Å². The van der Waals surface area contributed by atoms with Gasteiger partial charge in [-0.3, -0.25) is 9.78 Å². The predicted molar refractivity (Wildman–Crippen MR) is 144 cm³/mol. The van der Waals surface area contributed by atoms with E-state index in [1.807, 2.05) is 80.6 Å². The van der Waals surface area contributed by atoms with Crippen molar-refractivity contribution in [3.05, 3.63) is 89.2 Å². The molecule has 0 spiro atoms. The van der Waals surface area contributed by atoms with Gasteiger partial charge in [-0.05, 0) is 73.5 Å². The van der Waals surface area contributed by atoms with E-state index < -0.39 is 0 Å². The molecule has 4 heterocycles. The molecule has 38 heavy (non-hydrogen) atoms. The van der Waals surface area contributed by atoms with Crippen molar-refractivity contribution in [2.45, 2.75) is 20.4 Å². The van der Waals surface area contributed by atoms with Crippen molar-refractivity contribution in [1.82, 2.24) is 25.0 Å². The Morgan fingerprint density at radius 1 is 0.947 bits per heavy atom. The molecule has 9 nitrogen and oxygen atoms in total. The summed E-state index contributed by atoms with van der Waals surface area (Å²) < 4.78 is 12.8. The second-order valence-electron chi connectivity index (χ2n) is 9.24. The molecular weight excluding hydrogens is 480 g/mol. The van der Waals surface area contributed by atoms with Crippen LogP contribution in [-0.4, -0.2) is 51.1 Å². The zero-order valence-electron chi connectivity index (χ0n) is 21.4. The van der Waals surface area contributed by atoms with Crippen molar-refractivity contribution in [1.29, 1.82) is 0 Å². The maximum absolute atomic E-state index is 13.6. The fourth-order valence-electron chi connectivity index (χ4n) is 4.67. The summed E-state index contributed by atoms with van der Waals surface area (Å²) >= 11 is 0. The predicted octanol–water partition coefficient (Wildman–Crippen LogP) is 4.60. The van der Waals surface area contributed by atoms with E-state index in [2.05, 4.69) is 15.3 Å². The molecule has 0 N–H and O–H groups in total. The fraction of sp³-hybridized carbons (Fsp3) is 0.207. The van der Waals surface area contributed by atoms with Crippen molar-refractivity contribution in [3.63, 3.8) is 0 Å². The number of nitrogens with zero attached hydrogens (tertiary/aromatic N) is 6. The van der Waals surface area contributed by atoms with Gasteiger partial charge in [0, 0.05) is 16.9 Å². The largest absolute Gasteiger partial charge is 0.497 e. The normalized spacial score (nSPS) is 13.2. The number of carbonyl (C=O) groups is 1. The molecule has 190 valence electrons. The van der Waals surface area contributed by atoms with Crippen LogP contribution >= 0.6 is 0 Å². The number of carbonyl (C=O) groups excluding carboxylic acids is 1. The Kier molecular flexibility index (Phi) is 5.95. The van der Waals surface area contributed by atoms with Crippen molar-refractivity contribution in [2.24, 2.45) is 0 Å². The van der Waals surface area contributed by atoms with Gasteiger partial charge in [-0.1, -0.05) is 23.4 Å². The molecule has 0 bridgehead atoms. The van der Waals surface area contributed by atoms with Crippen LogP contribution in [0.1, 0.15) is 27.3 Å². The zero-order valence-corrected chi connectivity index (χ0v) is 21.4. The van der Waals surface area contributed by atoms with Crippen LogP contribution in [0.4, 0.5) is 5.69 Å². The first-order valence-electron chi connectivity index (χ1n) is 12.4. The van der Waals surface area contributed by atoms with Gasteiger partial charge in [0.1, 0.15) is 12.4 Å². The van der Waals surface area contributed by atoms with Crippen molar-refractivity contribution in [3.8, 4) is 22.9 Å². The topological polar surface area (TPSA) is 95.3 Å². The maximum Gasteiger partial charge on any atom is 0.284 e. The van der Waals surface area contributed by atoms with Crippen LogP contribution in [0, 0.1) is 13.8 Å². The highest BCUT2D eigenvalue weighted by Crippen LogP contribution is 2.31. The SMILES string of the molecule is COc1ccc(Cn2nnc3c2OCCN(c2ccc(-c4ccc5nc(C)ccc5n4)cc2C)C3=O)cc1. The number of methoxy groups -OCH3 is 1. The number of pyridine rings is 2. The molecule has 5 aromatic rings. The summed E-state index contributed by atoms with van der Waals surface area (Å²) in [5, 5.41) is 8.40. The van der Waals surface area contributed by atoms with Crippen LogP contribution < -0.4 is 14.4 Å². The molecule has 2 aromatic carbocycles. The van der Waals surface area contributed by atoms with Crippen LogP contribution in [-0.2, 0) is 6.54 Å². The Morgan fingerprint density at radius 3 is 2.53 bits per heavy atom. The van der Waals surface area contributed by atoms with E-state index in [1.54, 1.807) is 16.7 Å². The standard InChI is InChI=1S/C29H26N6O3/c1-18-16-21(23-11-12-24-25(31-23)10-4-19(2)30-24)7-13-26(18)34-14-15-38-29-27(28(34)36)32-33-35(29)17-20-5-8-22(37-3)9-6-20/h4-13,16H,14-15,17H2,1-3H3. The molecule has 3 aromatic heterocycles. The average molecular weight is 507 g/mol. The Labute approximate surface area is 219 Å². The van der Waals surface area contributed by atoms with Crippen LogP contribution in [0.15, 0.2) is 66.7 Å². The molecule has 0 aliphatic carbocycles. The highest BCUT2D eigenvalue weighted by Gasteiger charge is 2.31. The Morgan fingerprint density at radius 2 is 1.74 bits per heavy atom. The number of amides is 1. The van der Waals surface area contributed by atoms with E-state index in [9.17, 15) is 4.79 Å². The first-order chi connectivity index (χ1) is 18.5. The van der Waals surface area contributed by atoms with E-state index in [1.165, 1.54) is 0 Å². The number of aromatic nitrogens is 5. The van der Waals surface area contributed by atoms with E-state index >= 15 is 0 Å². The highest BCUT2D eigenvalue weighted by molar-refractivity contribution is 6.07. The number of anilines is 1. The van der Waals surface area contributed by atoms with Gasteiger partial charge in [0.25, 0.3) is 5.91 Å². The molecule has 0 atom stereocenters. The van der Waals surface area contributed by atoms with E-state index in [-0.39, 0.29) is 11.6 Å². The van der Waals surface area contributed by atoms with Gasteiger partial charge in [0.2, 0.25) is 11.6 Å². The minimum atomic E-state index is -0.236. The Hall–Kier alpha value is -4.79. The molecule has 0 saturated heterocycles. The first-order valence-corrected chi connectivity index (χ1v) is 12.4. The molecule has 0 fully saturated rings. The van der Waals surface area contributed by atoms with Gasteiger partial charge < -0.3 is 14.4 Å². The van der Waals surface area contributed by atoms with Crippen molar-refractivity contribution in [2.75, 3.05) is 25.2 Å². The van der Waals surface area contributed by atoms with Gasteiger partial charge >= 0.3 is 0 Å². The molecule has 1 amide bonds. The third kappa shape index (κ3) is 4.32. The second kappa shape index (κ2) is 9.59. The number of ether oxygens (including phenoxy) is 2. The number of aryl methyl sites for hydroxylation is 2. The molecule has 6 rings (SSSR count). The number of hydrogen-bond acceptors (Lipinski definition) is 7. The second-order valence-corrected chi connectivity index (χ2v) is 9.24. The van der Waals surface area contributed by atoms with Crippen molar-refractivity contribution < 1.29 is 14.3 Å². The highest BCUT2D eigenvalue weighted by atomic mass is 16.5. The minimum absolute atomic E-state index is 0.207. The lowest BCUT2D eigenvalue weighted by molar-refractivity contribution is 0.0985. The van der Waals surface area contributed by atoms with E-state index in [0.29, 0.717) is 25.6 Å². The molecule has 0 radical (unpaired) electrons. The monoisotopic (exact) mass is 506 g/mol. The first kappa shape index (κ1) is 23.6. The number of fused-ring (bicyclic) bond motifs is 2. The third-order valence-corrected chi connectivity index (χ3v) is 6.65. The summed E-state index contributed by atoms with van der Waals surface area (Å²) in [4.78, 5) is 24.6. The summed E-state index contributed by atoms with van der Waals surface area (Å²) in [6.07, 6.45) is 0. The summed E-state index contributed by atoms with van der Waals surface area (Å²) in [5.74, 6) is 0.921. The number of benzene rings is 2. The van der Waals surface area contributed by atoms with Crippen LogP contribution in [0.2, 0.25) is 0 Å². The Bertz CT molecular complexity index is 1660. The number of hydrogen-bond donors (Lipinski definition) is 0. The van der Waals surface area contributed by atoms with Gasteiger partial charge in [0.05, 0.1) is 36.9 Å². The fourth-order valence-corrected chi connectivity index (χ4v) is 4.67. The minimum Gasteiger partial charge on any atom is -0.497 e. The average Bonchev–Trinajstić information content (AvgIpc) is 3.25. The van der Waals surface area contributed by atoms with Crippen LogP contribution in [0.3, 0.4) is 0 Å². The van der Waals surface area contributed by atoms with Gasteiger partial charge in [-0.25, -0.2) is 9.67 Å². The van der Waals surface area contributed by atoms with Gasteiger partial charge in [-0.15, -0.1) is 5.10 Å².